The third-order valence-electron chi connectivity index (χ3n) is 5.23. The molecular weight excluding hydrogens is 342 g/mol. The fourth-order valence-electron chi connectivity index (χ4n) is 3.68. The molecule has 0 saturated carbocycles. The van der Waals surface area contributed by atoms with Gasteiger partial charge in [0, 0.05) is 25.3 Å². The van der Waals surface area contributed by atoms with Crippen molar-refractivity contribution in [2.24, 2.45) is 5.92 Å². The highest BCUT2D eigenvalue weighted by Gasteiger charge is 2.27. The second-order valence-electron chi connectivity index (χ2n) is 8.54. The van der Waals surface area contributed by atoms with E-state index in [1.807, 2.05) is 32.9 Å². The van der Waals surface area contributed by atoms with Gasteiger partial charge in [0.05, 0.1) is 5.92 Å². The second kappa shape index (κ2) is 8.30. The zero-order chi connectivity index (χ0) is 19.4. The van der Waals surface area contributed by atoms with Crippen molar-refractivity contribution in [1.82, 2.24) is 10.2 Å². The van der Waals surface area contributed by atoms with Gasteiger partial charge in [-0.2, -0.15) is 0 Å². The van der Waals surface area contributed by atoms with Gasteiger partial charge in [-0.3, -0.25) is 4.79 Å². The molecule has 0 radical (unpaired) electrons. The average molecular weight is 373 g/mol. The Morgan fingerprint density at radius 2 is 1.78 bits per heavy atom. The highest BCUT2D eigenvalue weighted by Crippen LogP contribution is 2.29. The molecule has 6 heteroatoms. The Bertz CT molecular complexity index is 652. The Kier molecular flexibility index (Phi) is 6.05. The molecule has 6 nitrogen and oxygen atoms in total. The molecule has 2 amide bonds. The minimum atomic E-state index is -0.456. The molecule has 1 atom stereocenters. The molecule has 2 saturated heterocycles. The van der Waals surface area contributed by atoms with Gasteiger partial charge < -0.3 is 20.3 Å². The lowest BCUT2D eigenvalue weighted by molar-refractivity contribution is -0.119. The lowest BCUT2D eigenvalue weighted by Crippen LogP contribution is -2.41. The van der Waals surface area contributed by atoms with E-state index in [9.17, 15) is 9.59 Å². The number of hydrogen-bond donors (Lipinski definition) is 2. The Morgan fingerprint density at radius 3 is 2.33 bits per heavy atom. The number of carbonyl (C=O) groups is 2. The van der Waals surface area contributed by atoms with Crippen LogP contribution in [0.4, 0.5) is 10.5 Å². The first kappa shape index (κ1) is 19.7. The maximum absolute atomic E-state index is 12.2. The van der Waals surface area contributed by atoms with Crippen LogP contribution in [-0.2, 0) is 9.53 Å². The zero-order valence-corrected chi connectivity index (χ0v) is 16.6. The maximum atomic E-state index is 12.2. The van der Waals surface area contributed by atoms with E-state index in [0.29, 0.717) is 19.0 Å². The molecule has 2 N–H and O–H groups in total. The number of carbonyl (C=O) groups excluding carboxylic acids is 2. The van der Waals surface area contributed by atoms with Gasteiger partial charge >= 0.3 is 6.09 Å². The van der Waals surface area contributed by atoms with Crippen molar-refractivity contribution in [2.75, 3.05) is 31.5 Å². The standard InChI is InChI=1S/C21H31N3O3/c1-21(2,3)27-20(26)24-12-9-16(10-13-24)15-4-6-18(7-5-15)23-19(25)17-8-11-22-14-17/h4-7,16-17,22H,8-14H2,1-3H3,(H,23,25). The summed E-state index contributed by atoms with van der Waals surface area (Å²) in [5, 5.41) is 6.23. The van der Waals surface area contributed by atoms with Crippen LogP contribution < -0.4 is 10.6 Å². The summed E-state index contributed by atoms with van der Waals surface area (Å²) in [6, 6.07) is 8.15. The van der Waals surface area contributed by atoms with E-state index < -0.39 is 5.60 Å². The van der Waals surface area contributed by atoms with Gasteiger partial charge in [-0.25, -0.2) is 4.79 Å². The highest BCUT2D eigenvalue weighted by atomic mass is 16.6. The SMILES string of the molecule is CC(C)(C)OC(=O)N1CCC(c2ccc(NC(=O)C3CCNC3)cc2)CC1. The van der Waals surface area contributed by atoms with Crippen molar-refractivity contribution < 1.29 is 14.3 Å². The second-order valence-corrected chi connectivity index (χ2v) is 8.54. The molecule has 3 rings (SSSR count). The third-order valence-corrected chi connectivity index (χ3v) is 5.23. The van der Waals surface area contributed by atoms with E-state index in [-0.39, 0.29) is 17.9 Å². The van der Waals surface area contributed by atoms with Crippen molar-refractivity contribution in [3.8, 4) is 0 Å². The molecule has 1 aromatic rings. The molecule has 148 valence electrons. The third kappa shape index (κ3) is 5.45. The van der Waals surface area contributed by atoms with Crippen LogP contribution in [0.5, 0.6) is 0 Å². The topological polar surface area (TPSA) is 70.7 Å². The molecule has 27 heavy (non-hydrogen) atoms. The highest BCUT2D eigenvalue weighted by molar-refractivity contribution is 5.92. The number of ether oxygens (including phenoxy) is 1. The number of nitrogens with zero attached hydrogens (tertiary/aromatic N) is 1. The van der Waals surface area contributed by atoms with Crippen molar-refractivity contribution in [1.29, 1.82) is 0 Å². The summed E-state index contributed by atoms with van der Waals surface area (Å²) in [5.74, 6) is 0.604. The van der Waals surface area contributed by atoms with E-state index in [1.54, 1.807) is 4.90 Å². The smallest absolute Gasteiger partial charge is 0.410 e. The summed E-state index contributed by atoms with van der Waals surface area (Å²) in [6.07, 6.45) is 2.54. The minimum absolute atomic E-state index is 0.0712. The number of anilines is 1. The molecule has 0 aliphatic carbocycles. The van der Waals surface area contributed by atoms with E-state index in [4.69, 9.17) is 4.74 Å². The van der Waals surface area contributed by atoms with Crippen molar-refractivity contribution in [3.63, 3.8) is 0 Å². The Hall–Kier alpha value is -2.08. The molecule has 0 spiro atoms. The van der Waals surface area contributed by atoms with E-state index in [2.05, 4.69) is 22.8 Å². The van der Waals surface area contributed by atoms with E-state index >= 15 is 0 Å². The summed E-state index contributed by atoms with van der Waals surface area (Å²) in [7, 11) is 0. The average Bonchev–Trinajstić information content (AvgIpc) is 3.16. The van der Waals surface area contributed by atoms with Crippen LogP contribution in [0.3, 0.4) is 0 Å². The van der Waals surface area contributed by atoms with Crippen molar-refractivity contribution in [2.45, 2.75) is 51.6 Å². The first-order valence-electron chi connectivity index (χ1n) is 9.91. The Balaban J connectivity index is 1.50. The van der Waals surface area contributed by atoms with Crippen LogP contribution >= 0.6 is 0 Å². The molecule has 0 aromatic heterocycles. The van der Waals surface area contributed by atoms with Crippen molar-refractivity contribution >= 4 is 17.7 Å². The number of benzene rings is 1. The zero-order valence-electron chi connectivity index (χ0n) is 16.6. The van der Waals surface area contributed by atoms with Crippen LogP contribution in [0, 0.1) is 5.92 Å². The summed E-state index contributed by atoms with van der Waals surface area (Å²) < 4.78 is 5.46. The minimum Gasteiger partial charge on any atom is -0.444 e. The fraction of sp³-hybridized carbons (Fsp3) is 0.619. The largest absolute Gasteiger partial charge is 0.444 e. The van der Waals surface area contributed by atoms with Gasteiger partial charge in [0.15, 0.2) is 0 Å². The van der Waals surface area contributed by atoms with Gasteiger partial charge in [-0.1, -0.05) is 12.1 Å². The van der Waals surface area contributed by atoms with Crippen LogP contribution in [0.15, 0.2) is 24.3 Å². The summed E-state index contributed by atoms with van der Waals surface area (Å²) in [5.41, 5.74) is 1.66. The molecule has 2 aliphatic rings. The van der Waals surface area contributed by atoms with Crippen LogP contribution in [-0.4, -0.2) is 48.7 Å². The summed E-state index contributed by atoms with van der Waals surface area (Å²) >= 11 is 0. The van der Waals surface area contributed by atoms with Gasteiger partial charge in [-0.05, 0) is 70.2 Å². The lowest BCUT2D eigenvalue weighted by Gasteiger charge is -2.33. The normalized spacial score (nSPS) is 21.1. The van der Waals surface area contributed by atoms with Gasteiger partial charge in [0.2, 0.25) is 5.91 Å². The predicted molar refractivity (Wildman–Crippen MR) is 106 cm³/mol. The molecule has 2 fully saturated rings. The van der Waals surface area contributed by atoms with Crippen LogP contribution in [0.1, 0.15) is 51.5 Å². The van der Waals surface area contributed by atoms with E-state index in [0.717, 1.165) is 38.0 Å². The van der Waals surface area contributed by atoms with Crippen LogP contribution in [0.25, 0.3) is 0 Å². The monoisotopic (exact) mass is 373 g/mol. The molecule has 2 aliphatic heterocycles. The molecule has 1 unspecified atom stereocenters. The molecule has 2 heterocycles. The number of likely N-dealkylation sites (tertiary alicyclic amines) is 1. The number of piperidine rings is 1. The van der Waals surface area contributed by atoms with Crippen LogP contribution in [0.2, 0.25) is 0 Å². The Morgan fingerprint density at radius 1 is 1.11 bits per heavy atom. The fourth-order valence-corrected chi connectivity index (χ4v) is 3.68. The predicted octanol–water partition coefficient (Wildman–Crippen LogP) is 3.35. The molecule has 0 bridgehead atoms. The lowest BCUT2D eigenvalue weighted by atomic mass is 9.89. The number of rotatable bonds is 3. The molecule has 1 aromatic carbocycles. The van der Waals surface area contributed by atoms with Gasteiger partial charge in [-0.15, -0.1) is 0 Å². The Labute approximate surface area is 161 Å². The maximum Gasteiger partial charge on any atom is 0.410 e. The first-order chi connectivity index (χ1) is 12.8. The van der Waals surface area contributed by atoms with E-state index in [1.165, 1.54) is 5.56 Å². The first-order valence-corrected chi connectivity index (χ1v) is 9.91. The molecular formula is C21H31N3O3. The summed E-state index contributed by atoms with van der Waals surface area (Å²) in [6.45, 7) is 8.78. The van der Waals surface area contributed by atoms with Gasteiger partial charge in [0.25, 0.3) is 0 Å². The quantitative estimate of drug-likeness (QED) is 0.852. The van der Waals surface area contributed by atoms with Gasteiger partial charge in [0.1, 0.15) is 5.60 Å². The number of nitrogens with one attached hydrogen (secondary N) is 2. The number of hydrogen-bond acceptors (Lipinski definition) is 4. The van der Waals surface area contributed by atoms with Crippen molar-refractivity contribution in [3.05, 3.63) is 29.8 Å². The number of amides is 2. The summed E-state index contributed by atoms with van der Waals surface area (Å²) in [4.78, 5) is 26.2.